The molecule has 0 spiro atoms. The molecule has 344 valence electrons. The Balaban J connectivity index is 0.791. The number of hydrogen-bond acceptors (Lipinski definition) is 5. The molecule has 0 unspecified atom stereocenters. The summed E-state index contributed by atoms with van der Waals surface area (Å²) in [5.74, 6) is 0.987. The number of benzene rings is 10. The largest absolute Gasteiger partial charge is 0.456 e. The summed E-state index contributed by atoms with van der Waals surface area (Å²) in [6.07, 6.45) is 0. The van der Waals surface area contributed by atoms with E-state index in [4.69, 9.17) is 25.4 Å². The second-order valence-corrected chi connectivity index (χ2v) is 20.0. The van der Waals surface area contributed by atoms with Gasteiger partial charge < -0.3 is 13.8 Å². The van der Waals surface area contributed by atoms with E-state index in [-0.39, 0.29) is 10.7 Å². The van der Waals surface area contributed by atoms with Gasteiger partial charge in [-0.2, -0.15) is 9.97 Å². The van der Waals surface area contributed by atoms with Crippen molar-refractivity contribution in [3.05, 3.63) is 223 Å². The summed E-state index contributed by atoms with van der Waals surface area (Å²) in [7, 11) is 0. The van der Waals surface area contributed by atoms with Crippen molar-refractivity contribution in [1.29, 1.82) is 0 Å². The first-order chi connectivity index (χ1) is 35.8. The van der Waals surface area contributed by atoms with Crippen molar-refractivity contribution in [3.8, 4) is 78.4 Å². The van der Waals surface area contributed by atoms with Crippen LogP contribution >= 0.6 is 11.6 Å². The van der Waals surface area contributed by atoms with Gasteiger partial charge in [0.15, 0.2) is 11.6 Å². The summed E-state index contributed by atoms with van der Waals surface area (Å²) < 4.78 is 12.7. The van der Waals surface area contributed by atoms with Gasteiger partial charge in [0.25, 0.3) is 0 Å². The Morgan fingerprint density at radius 1 is 0.397 bits per heavy atom. The minimum atomic E-state index is -0.297. The topological polar surface area (TPSA) is 80.7 Å². The lowest BCUT2D eigenvalue weighted by Crippen LogP contribution is -2.16. The number of nitrogens with zero attached hydrogens (tertiary/aromatic N) is 3. The van der Waals surface area contributed by atoms with Gasteiger partial charge in [-0.25, -0.2) is 4.98 Å². The molecule has 1 N–H and O–H groups in total. The lowest BCUT2D eigenvalue weighted by Gasteiger charge is -2.24. The number of H-pyrrole nitrogens is 1. The first-order valence-electron chi connectivity index (χ1n) is 24.6. The molecule has 0 fully saturated rings. The molecule has 4 heterocycles. The highest BCUT2D eigenvalue weighted by Crippen LogP contribution is 2.55. The van der Waals surface area contributed by atoms with Crippen molar-refractivity contribution >= 4 is 77.3 Å². The smallest absolute Gasteiger partial charge is 0.226 e. The van der Waals surface area contributed by atoms with Gasteiger partial charge in [0.05, 0.1) is 5.52 Å². The third-order valence-electron chi connectivity index (χ3n) is 15.2. The maximum absolute atomic E-state index is 6.67. The van der Waals surface area contributed by atoms with Crippen molar-refractivity contribution in [2.45, 2.75) is 19.3 Å². The fourth-order valence-corrected chi connectivity index (χ4v) is 12.0. The van der Waals surface area contributed by atoms with Crippen LogP contribution in [0.4, 0.5) is 0 Å². The van der Waals surface area contributed by atoms with Crippen LogP contribution in [0.5, 0.6) is 0 Å². The summed E-state index contributed by atoms with van der Waals surface area (Å²) in [6, 6.07) is 73.1. The van der Waals surface area contributed by atoms with Crippen molar-refractivity contribution in [2.75, 3.05) is 0 Å². The van der Waals surface area contributed by atoms with Crippen LogP contribution in [0.2, 0.25) is 5.28 Å². The monoisotopic (exact) mass is 956 g/mol. The number of nitrogens with one attached hydrogen (secondary N) is 1. The molecule has 14 aromatic rings. The van der Waals surface area contributed by atoms with Crippen molar-refractivity contribution in [3.63, 3.8) is 0 Å². The second-order valence-electron chi connectivity index (χ2n) is 19.7. The van der Waals surface area contributed by atoms with Gasteiger partial charge in [-0.15, -0.1) is 0 Å². The zero-order valence-electron chi connectivity index (χ0n) is 39.7. The third-order valence-corrected chi connectivity index (χ3v) is 15.4. The van der Waals surface area contributed by atoms with Crippen molar-refractivity contribution < 1.29 is 8.83 Å². The number of halogens is 1. The van der Waals surface area contributed by atoms with E-state index in [0.29, 0.717) is 11.6 Å². The van der Waals surface area contributed by atoms with E-state index in [1.54, 1.807) is 0 Å². The predicted molar refractivity (Wildman–Crippen MR) is 299 cm³/mol. The fraction of sp³-hybridized carbons (Fsp3) is 0.0455. The lowest BCUT2D eigenvalue weighted by molar-refractivity contribution is 0.662. The van der Waals surface area contributed by atoms with Gasteiger partial charge >= 0.3 is 0 Å². The average molecular weight is 958 g/mol. The normalized spacial score (nSPS) is 13.0. The van der Waals surface area contributed by atoms with Crippen LogP contribution in [-0.2, 0) is 5.41 Å². The Bertz CT molecular complexity index is 4630. The molecule has 15 rings (SSSR count). The number of fused-ring (bicyclic) bond motifs is 12. The Hall–Kier alpha value is -9.10. The van der Waals surface area contributed by atoms with Gasteiger partial charge in [0, 0.05) is 65.5 Å². The van der Waals surface area contributed by atoms with E-state index in [9.17, 15) is 0 Å². The maximum Gasteiger partial charge on any atom is 0.226 e. The minimum absolute atomic E-state index is 0.129. The summed E-state index contributed by atoms with van der Waals surface area (Å²) in [4.78, 5) is 18.0. The quantitative estimate of drug-likeness (QED) is 0.180. The van der Waals surface area contributed by atoms with Gasteiger partial charge in [-0.1, -0.05) is 172 Å². The Labute approximate surface area is 424 Å². The van der Waals surface area contributed by atoms with Crippen LogP contribution in [0.25, 0.3) is 144 Å². The van der Waals surface area contributed by atoms with Crippen LogP contribution in [0.1, 0.15) is 25.0 Å². The first kappa shape index (κ1) is 41.7. The maximum atomic E-state index is 6.67. The van der Waals surface area contributed by atoms with E-state index in [2.05, 4.69) is 187 Å². The first-order valence-corrected chi connectivity index (χ1v) is 25.0. The molecular formula is C66H41ClN4O2. The van der Waals surface area contributed by atoms with Crippen molar-refractivity contribution in [1.82, 2.24) is 19.9 Å². The molecule has 73 heavy (non-hydrogen) atoms. The highest BCUT2D eigenvalue weighted by Gasteiger charge is 2.39. The van der Waals surface area contributed by atoms with Crippen LogP contribution in [0.15, 0.2) is 215 Å². The lowest BCUT2D eigenvalue weighted by atomic mass is 9.78. The third kappa shape index (κ3) is 6.40. The zero-order chi connectivity index (χ0) is 48.5. The molecule has 10 aromatic carbocycles. The summed E-state index contributed by atoms with van der Waals surface area (Å²) in [5, 5.41) is 6.86. The van der Waals surface area contributed by atoms with Gasteiger partial charge in [0.1, 0.15) is 22.3 Å². The number of para-hydroxylation sites is 4. The average Bonchev–Trinajstić information content (AvgIpc) is 4.18. The van der Waals surface area contributed by atoms with Crippen molar-refractivity contribution in [2.24, 2.45) is 0 Å². The highest BCUT2D eigenvalue weighted by molar-refractivity contribution is 6.28. The standard InChI is InChI=1S/C66H41ClN4O2/c1-66(2)54-26-12-19-43(37-13-7-15-39(33-37)45-21-10-23-50-53-35-40(30-32-55(53)68-61(45)50)46-22-11-24-51-48-18-4-6-28-57(48)73-62(46)51)59(54)52-25-9-20-44(60(52)66)38-14-8-16-41(34-38)63-69-64(71-65(67)70-63)42-29-31-49-47-17-3-5-27-56(47)72-58(49)36-42/h3-36,68H,1-2H3. The predicted octanol–water partition coefficient (Wildman–Crippen LogP) is 18.3. The molecule has 4 aromatic heterocycles. The SMILES string of the molecule is CC1(C)c2cccc(-c3cccc(-c4cccc5c4[nH]c4ccc(-c6cccc7c6oc6ccccc67)cc45)c3)c2-c2cccc(-c3cccc(-c4nc(Cl)nc(-c5ccc6c(c5)oc5ccccc56)n4)c3)c21. The van der Waals surface area contributed by atoms with Gasteiger partial charge in [-0.3, -0.25) is 0 Å². The second kappa shape index (κ2) is 15.7. The number of aromatic amines is 1. The molecule has 6 nitrogen and oxygen atoms in total. The minimum Gasteiger partial charge on any atom is -0.456 e. The molecule has 0 saturated heterocycles. The number of rotatable bonds is 6. The molecule has 0 atom stereocenters. The molecule has 0 radical (unpaired) electrons. The number of aromatic nitrogens is 4. The summed E-state index contributed by atoms with van der Waals surface area (Å²) in [5.41, 5.74) is 21.2. The van der Waals surface area contributed by atoms with E-state index in [1.165, 1.54) is 49.7 Å². The number of furan rings is 2. The van der Waals surface area contributed by atoms with Crippen LogP contribution in [0.3, 0.4) is 0 Å². The van der Waals surface area contributed by atoms with Gasteiger partial charge in [-0.05, 0) is 116 Å². The Morgan fingerprint density at radius 3 is 1.77 bits per heavy atom. The highest BCUT2D eigenvalue weighted by atomic mass is 35.5. The summed E-state index contributed by atoms with van der Waals surface area (Å²) in [6.45, 7) is 4.70. The molecule has 0 saturated carbocycles. The van der Waals surface area contributed by atoms with E-state index in [0.717, 1.165) is 93.9 Å². The van der Waals surface area contributed by atoms with Crippen LogP contribution in [-0.4, -0.2) is 19.9 Å². The molecule has 0 bridgehead atoms. The van der Waals surface area contributed by atoms with E-state index >= 15 is 0 Å². The van der Waals surface area contributed by atoms with Crippen LogP contribution < -0.4 is 0 Å². The fourth-order valence-electron chi connectivity index (χ4n) is 11.9. The number of hydrogen-bond donors (Lipinski definition) is 1. The molecule has 7 heteroatoms. The summed E-state index contributed by atoms with van der Waals surface area (Å²) >= 11 is 6.67. The van der Waals surface area contributed by atoms with E-state index < -0.39 is 0 Å². The molecule has 1 aliphatic rings. The Morgan fingerprint density at radius 2 is 0.945 bits per heavy atom. The molecule has 0 aliphatic heterocycles. The van der Waals surface area contributed by atoms with E-state index in [1.807, 2.05) is 48.5 Å². The molecular weight excluding hydrogens is 916 g/mol. The van der Waals surface area contributed by atoms with Crippen LogP contribution in [0, 0.1) is 0 Å². The zero-order valence-corrected chi connectivity index (χ0v) is 40.4. The van der Waals surface area contributed by atoms with Gasteiger partial charge in [0.2, 0.25) is 5.28 Å². The molecule has 1 aliphatic carbocycles. The Kier molecular flexibility index (Phi) is 8.96. The molecule has 0 amide bonds.